The number of amides is 2. The molecule has 5 aliphatic heterocycles. The van der Waals surface area contributed by atoms with Crippen LogP contribution in [0.1, 0.15) is 71.8 Å². The van der Waals surface area contributed by atoms with Crippen LogP contribution in [0, 0.1) is 5.82 Å². The lowest BCUT2D eigenvalue weighted by molar-refractivity contribution is 0.0121. The monoisotopic (exact) mass is 795 g/mol. The third kappa shape index (κ3) is 7.16. The number of morpholine rings is 1. The van der Waals surface area contributed by atoms with Gasteiger partial charge >= 0.3 is 18.2 Å². The third-order valence-electron chi connectivity index (χ3n) is 12.8. The zero-order chi connectivity index (χ0) is 40.2. The van der Waals surface area contributed by atoms with Gasteiger partial charge in [-0.2, -0.15) is 9.97 Å². The van der Waals surface area contributed by atoms with Gasteiger partial charge in [0, 0.05) is 44.0 Å². The molecule has 0 saturated carbocycles. The number of hydrogen-bond acceptors (Lipinski definition) is 11. The molecule has 58 heavy (non-hydrogen) atoms. The second-order valence-corrected chi connectivity index (χ2v) is 17.5. The third-order valence-corrected chi connectivity index (χ3v) is 12.8. The number of carbonyl (C=O) groups is 2. The van der Waals surface area contributed by atoms with Crippen molar-refractivity contribution in [3.63, 3.8) is 0 Å². The molecule has 2 amide bonds. The number of piperazine rings is 1. The number of hydrogen-bond donors (Lipinski definition) is 0. The van der Waals surface area contributed by atoms with Crippen molar-refractivity contribution < 1.29 is 32.9 Å². The molecule has 5 fully saturated rings. The van der Waals surface area contributed by atoms with E-state index in [4.69, 9.17) is 33.9 Å². The highest BCUT2D eigenvalue weighted by Crippen LogP contribution is 2.44. The van der Waals surface area contributed by atoms with E-state index in [1.54, 1.807) is 11.1 Å². The predicted molar refractivity (Wildman–Crippen MR) is 218 cm³/mol. The van der Waals surface area contributed by atoms with Crippen molar-refractivity contribution >= 4 is 39.7 Å². The summed E-state index contributed by atoms with van der Waals surface area (Å²) in [6.07, 6.45) is 7.26. The Morgan fingerprint density at radius 2 is 1.72 bits per heavy atom. The first kappa shape index (κ1) is 38.7. The van der Waals surface area contributed by atoms with Crippen molar-refractivity contribution in [3.8, 4) is 17.3 Å². The number of aryl methyl sites for hydroxylation is 1. The summed E-state index contributed by atoms with van der Waals surface area (Å²) in [5, 5.41) is 2.50. The lowest BCUT2D eigenvalue weighted by Crippen LogP contribution is -2.57. The molecule has 4 atom stereocenters. The van der Waals surface area contributed by atoms with Gasteiger partial charge < -0.3 is 28.7 Å². The summed E-state index contributed by atoms with van der Waals surface area (Å²) >= 11 is 0. The molecular weight excluding hydrogens is 742 g/mol. The molecule has 2 aromatic heterocycles. The van der Waals surface area contributed by atoms with Crippen LogP contribution in [0.2, 0.25) is 0 Å². The summed E-state index contributed by atoms with van der Waals surface area (Å²) in [5.41, 5.74) is 1.34. The molecule has 2 aromatic carbocycles. The first-order chi connectivity index (χ1) is 28.0. The first-order valence-electron chi connectivity index (χ1n) is 21.0. The quantitative estimate of drug-likeness (QED) is 0.184. The van der Waals surface area contributed by atoms with Crippen molar-refractivity contribution in [1.29, 1.82) is 0 Å². The molecule has 5 saturated heterocycles. The topological polar surface area (TPSA) is 123 Å². The molecule has 14 heteroatoms. The Kier molecular flexibility index (Phi) is 10.3. The second kappa shape index (κ2) is 15.4. The average Bonchev–Trinajstić information content (AvgIpc) is 3.88. The Balaban J connectivity index is 1.03. The summed E-state index contributed by atoms with van der Waals surface area (Å²) < 4.78 is 40.9. The summed E-state index contributed by atoms with van der Waals surface area (Å²) in [6.45, 7) is 12.4. The fourth-order valence-electron chi connectivity index (χ4n) is 10.1. The van der Waals surface area contributed by atoms with Crippen molar-refractivity contribution in [1.82, 2.24) is 29.7 Å². The number of fused-ring (bicyclic) bond motifs is 5. The molecule has 0 aliphatic carbocycles. The molecule has 0 N–H and O–H groups in total. The van der Waals surface area contributed by atoms with Crippen LogP contribution in [-0.2, 0) is 20.6 Å². The van der Waals surface area contributed by atoms with Crippen molar-refractivity contribution in [2.75, 3.05) is 64.1 Å². The number of nitrogens with zero attached hydrogens (tertiary/aromatic N) is 7. The first-order valence-corrected chi connectivity index (χ1v) is 21.0. The maximum absolute atomic E-state index is 17.3. The van der Waals surface area contributed by atoms with Gasteiger partial charge in [-0.15, -0.1) is 0 Å². The van der Waals surface area contributed by atoms with Crippen LogP contribution in [0.15, 0.2) is 42.6 Å². The molecule has 0 spiro atoms. The molecule has 9 rings (SSSR count). The molecule has 5 aliphatic rings. The van der Waals surface area contributed by atoms with Gasteiger partial charge in [0.15, 0.2) is 5.82 Å². The van der Waals surface area contributed by atoms with Crippen LogP contribution in [-0.4, -0.2) is 130 Å². The van der Waals surface area contributed by atoms with E-state index in [2.05, 4.69) is 22.8 Å². The molecule has 4 aromatic rings. The Bertz CT molecular complexity index is 2190. The lowest BCUT2D eigenvalue weighted by Gasteiger charge is -2.42. The van der Waals surface area contributed by atoms with Crippen LogP contribution in [0.5, 0.6) is 6.01 Å². The predicted octanol–water partition coefficient (Wildman–Crippen LogP) is 6.98. The van der Waals surface area contributed by atoms with Crippen molar-refractivity contribution in [2.45, 2.75) is 102 Å². The Hall–Kier alpha value is -4.82. The van der Waals surface area contributed by atoms with Gasteiger partial charge in [0.05, 0.1) is 36.2 Å². The van der Waals surface area contributed by atoms with E-state index in [1.165, 1.54) is 0 Å². The molecule has 7 heterocycles. The Morgan fingerprint density at radius 3 is 2.47 bits per heavy atom. The van der Waals surface area contributed by atoms with Gasteiger partial charge in [0.25, 0.3) is 0 Å². The lowest BCUT2D eigenvalue weighted by atomic mass is 9.95. The van der Waals surface area contributed by atoms with E-state index < -0.39 is 11.4 Å². The summed E-state index contributed by atoms with van der Waals surface area (Å²) in [5.74, 6) is 0.0226. The number of rotatable bonds is 8. The maximum atomic E-state index is 17.3. The number of halogens is 1. The van der Waals surface area contributed by atoms with Crippen LogP contribution >= 0.6 is 0 Å². The minimum Gasteiger partial charge on any atom is -0.461 e. The van der Waals surface area contributed by atoms with Gasteiger partial charge in [-0.05, 0) is 88.6 Å². The second-order valence-electron chi connectivity index (χ2n) is 17.5. The number of anilines is 1. The van der Waals surface area contributed by atoms with E-state index in [9.17, 15) is 9.59 Å². The van der Waals surface area contributed by atoms with Crippen LogP contribution < -0.4 is 9.64 Å². The molecule has 2 bridgehead atoms. The van der Waals surface area contributed by atoms with E-state index in [-0.39, 0.29) is 53.1 Å². The minimum atomic E-state index is -0.604. The highest BCUT2D eigenvalue weighted by atomic mass is 19.1. The normalized spacial score (nSPS) is 24.8. The van der Waals surface area contributed by atoms with E-state index in [0.29, 0.717) is 69.4 Å². The van der Waals surface area contributed by atoms with Crippen LogP contribution in [0.3, 0.4) is 0 Å². The number of ether oxygens (including phenoxy) is 4. The van der Waals surface area contributed by atoms with E-state index >= 15 is 4.39 Å². The smallest absolute Gasteiger partial charge is 0.410 e. The molecule has 308 valence electrons. The standard InChI is InChI=1S/C44H54FN7O6/c1-5-28-9-6-10-29-11-7-12-33(35(28)29)37-36(45)38-34(23-46-37)39(50-24-30-13-14-31(25-50)52(30)42(54)58-43(2,3)4)48-40(47-38)57-27-44-16-8-18-51(44)32(15-17-44)26-56-41(53)49-19-21-55-22-20-49/h6-7,9-12,23,30-32H,5,8,13-22,24-27H2,1-4H3/t30?,31?,32-,44-/m1/s1. The number of carbonyl (C=O) groups excluding carboxylic acids is 2. The SMILES string of the molecule is CCc1cccc2cccc(-c3ncc4c(N5CC6CCC(C5)N6C(=O)OC(C)(C)C)nc(OC[C@]56CCCN5[C@@H](COC(=O)N5CCOCC5)CC6)nc4c3F)c12. The van der Waals surface area contributed by atoms with Crippen molar-refractivity contribution in [2.24, 2.45) is 0 Å². The van der Waals surface area contributed by atoms with Crippen LogP contribution in [0.4, 0.5) is 19.8 Å². The maximum Gasteiger partial charge on any atom is 0.410 e. The highest BCUT2D eigenvalue weighted by molar-refractivity contribution is 6.00. The Labute approximate surface area is 338 Å². The van der Waals surface area contributed by atoms with Crippen molar-refractivity contribution in [3.05, 3.63) is 54.0 Å². The number of aromatic nitrogens is 3. The zero-order valence-electron chi connectivity index (χ0n) is 34.0. The van der Waals surface area contributed by atoms with Gasteiger partial charge in [-0.25, -0.2) is 14.0 Å². The summed E-state index contributed by atoms with van der Waals surface area (Å²) in [6, 6.07) is 12.1. The van der Waals surface area contributed by atoms with Gasteiger partial charge in [-0.3, -0.25) is 14.8 Å². The fourth-order valence-corrected chi connectivity index (χ4v) is 10.1. The molecule has 0 radical (unpaired) electrons. The van der Waals surface area contributed by atoms with Crippen LogP contribution in [0.25, 0.3) is 32.9 Å². The molecule has 2 unspecified atom stereocenters. The fraction of sp³-hybridized carbons (Fsp3) is 0.568. The minimum absolute atomic E-state index is 0.0816. The van der Waals surface area contributed by atoms with E-state index in [1.807, 2.05) is 56.0 Å². The highest BCUT2D eigenvalue weighted by Gasteiger charge is 2.50. The zero-order valence-corrected chi connectivity index (χ0v) is 34.0. The number of benzene rings is 2. The van der Waals surface area contributed by atoms with Gasteiger partial charge in [-0.1, -0.05) is 43.3 Å². The van der Waals surface area contributed by atoms with Gasteiger partial charge in [0.2, 0.25) is 0 Å². The Morgan fingerprint density at radius 1 is 0.966 bits per heavy atom. The summed E-state index contributed by atoms with van der Waals surface area (Å²) in [4.78, 5) is 49.0. The number of pyridine rings is 1. The average molecular weight is 796 g/mol. The largest absolute Gasteiger partial charge is 0.461 e. The molecule has 13 nitrogen and oxygen atoms in total. The molecular formula is C44H54FN7O6. The van der Waals surface area contributed by atoms with E-state index in [0.717, 1.165) is 67.8 Å². The van der Waals surface area contributed by atoms with Gasteiger partial charge in [0.1, 0.15) is 35.8 Å². The summed E-state index contributed by atoms with van der Waals surface area (Å²) in [7, 11) is 0.